The minimum Gasteiger partial charge on any atom is -0.358 e. The summed E-state index contributed by atoms with van der Waals surface area (Å²) in [6.07, 6.45) is -10.7. The number of ether oxygens (including phenoxy) is 2. The molecule has 2 saturated heterocycles. The van der Waals surface area contributed by atoms with Gasteiger partial charge in [0, 0.05) is 24.7 Å². The standard InChI is InChI=1S/2C22H19F3O2/c2*23-22(24,25)21(26)13-19(16-7-2-1-3-8-16)20(14-27-21)18-11-10-15-6-4-5-9-17(15)12-18/h2*1-12,19-20,26H,13-14H2/t2*19-,20-,21+/m00/s1. The maximum absolute atomic E-state index is 13.4. The monoisotopic (exact) mass is 744 g/mol. The fourth-order valence-electron chi connectivity index (χ4n) is 7.72. The molecule has 8 rings (SSSR count). The quantitative estimate of drug-likeness (QED) is 0.177. The molecular formula is C44H38F6O4. The Bertz CT molecular complexity index is 2030. The van der Waals surface area contributed by atoms with Crippen molar-refractivity contribution in [2.75, 3.05) is 13.2 Å². The summed E-state index contributed by atoms with van der Waals surface area (Å²) in [5, 5.41) is 24.5. The van der Waals surface area contributed by atoms with Crippen molar-refractivity contribution in [3.8, 4) is 0 Å². The molecule has 2 aliphatic heterocycles. The molecule has 0 bridgehead atoms. The van der Waals surface area contributed by atoms with Gasteiger partial charge in [-0.3, -0.25) is 0 Å². The molecule has 6 atom stereocenters. The zero-order chi connectivity index (χ0) is 38.1. The number of alkyl halides is 6. The van der Waals surface area contributed by atoms with Crippen LogP contribution >= 0.6 is 0 Å². The predicted octanol–water partition coefficient (Wildman–Crippen LogP) is 10.8. The highest BCUT2D eigenvalue weighted by atomic mass is 19.4. The number of aliphatic hydroxyl groups is 2. The molecule has 10 heteroatoms. The SMILES string of the molecule is O[C@]1(C(F)(F)F)C[C@@H](c2ccccc2)[C@H](c2ccc3ccccc3c2)CO1.O[C@]1(C(F)(F)F)C[C@@H](c2ccccc2)[C@H](c2ccc3ccccc3c2)CO1. The summed E-state index contributed by atoms with van der Waals surface area (Å²) >= 11 is 0. The topological polar surface area (TPSA) is 58.9 Å². The summed E-state index contributed by atoms with van der Waals surface area (Å²) in [5.74, 6) is -7.82. The molecule has 280 valence electrons. The van der Waals surface area contributed by atoms with Crippen molar-refractivity contribution in [2.24, 2.45) is 0 Å². The third-order valence-electron chi connectivity index (χ3n) is 10.7. The van der Waals surface area contributed by atoms with Crippen LogP contribution < -0.4 is 0 Å². The Morgan fingerprint density at radius 2 is 0.741 bits per heavy atom. The van der Waals surface area contributed by atoms with Crippen molar-refractivity contribution in [3.05, 3.63) is 168 Å². The van der Waals surface area contributed by atoms with E-state index in [0.717, 1.165) is 43.8 Å². The van der Waals surface area contributed by atoms with E-state index in [1.165, 1.54) is 0 Å². The molecule has 2 N–H and O–H groups in total. The maximum atomic E-state index is 13.4. The Labute approximate surface area is 308 Å². The van der Waals surface area contributed by atoms with Gasteiger partial charge in [0.05, 0.1) is 13.2 Å². The highest BCUT2D eigenvalue weighted by molar-refractivity contribution is 5.84. The van der Waals surface area contributed by atoms with Crippen LogP contribution in [0.15, 0.2) is 146 Å². The van der Waals surface area contributed by atoms with Gasteiger partial charge < -0.3 is 19.7 Å². The summed E-state index contributed by atoms with van der Waals surface area (Å²) in [7, 11) is 0. The van der Waals surface area contributed by atoms with Gasteiger partial charge in [0.2, 0.25) is 0 Å². The van der Waals surface area contributed by atoms with Gasteiger partial charge in [-0.1, -0.05) is 146 Å². The second kappa shape index (κ2) is 14.8. The lowest BCUT2D eigenvalue weighted by Gasteiger charge is -2.42. The molecule has 0 aliphatic carbocycles. The van der Waals surface area contributed by atoms with E-state index in [-0.39, 0.29) is 25.0 Å². The Hall–Kier alpha value is -4.74. The molecule has 0 spiro atoms. The van der Waals surface area contributed by atoms with Crippen LogP contribution in [0.25, 0.3) is 21.5 Å². The lowest BCUT2D eigenvalue weighted by atomic mass is 9.75. The number of rotatable bonds is 4. The van der Waals surface area contributed by atoms with Crippen molar-refractivity contribution < 1.29 is 46.0 Å². The number of hydrogen-bond acceptors (Lipinski definition) is 4. The normalized spacial score (nSPS) is 26.2. The fourth-order valence-corrected chi connectivity index (χ4v) is 7.72. The van der Waals surface area contributed by atoms with E-state index >= 15 is 0 Å². The van der Waals surface area contributed by atoms with E-state index in [2.05, 4.69) is 0 Å². The lowest BCUT2D eigenvalue weighted by molar-refractivity contribution is -0.380. The van der Waals surface area contributed by atoms with Crippen LogP contribution in [-0.2, 0) is 9.47 Å². The second-order valence-corrected chi connectivity index (χ2v) is 14.1. The number of fused-ring (bicyclic) bond motifs is 2. The zero-order valence-corrected chi connectivity index (χ0v) is 29.0. The molecule has 0 unspecified atom stereocenters. The molecular weight excluding hydrogens is 706 g/mol. The first-order chi connectivity index (χ1) is 25.7. The van der Waals surface area contributed by atoms with E-state index in [9.17, 15) is 36.6 Å². The molecule has 2 aliphatic rings. The molecule has 0 amide bonds. The smallest absolute Gasteiger partial charge is 0.358 e. The van der Waals surface area contributed by atoms with Crippen molar-refractivity contribution in [1.29, 1.82) is 0 Å². The summed E-state index contributed by atoms with van der Waals surface area (Å²) in [4.78, 5) is 0. The molecule has 4 nitrogen and oxygen atoms in total. The van der Waals surface area contributed by atoms with Crippen LogP contribution in [0, 0.1) is 0 Å². The van der Waals surface area contributed by atoms with Gasteiger partial charge in [0.25, 0.3) is 11.6 Å². The number of halogens is 6. The molecule has 0 aromatic heterocycles. The molecule has 54 heavy (non-hydrogen) atoms. The van der Waals surface area contributed by atoms with Gasteiger partial charge in [-0.05, 0) is 55.6 Å². The summed E-state index contributed by atoms with van der Waals surface area (Å²) in [6, 6.07) is 45.6. The van der Waals surface area contributed by atoms with E-state index in [1.54, 1.807) is 48.5 Å². The number of hydrogen-bond donors (Lipinski definition) is 2. The van der Waals surface area contributed by atoms with Crippen LogP contribution in [-0.4, -0.2) is 47.4 Å². The first-order valence-electron chi connectivity index (χ1n) is 17.7. The van der Waals surface area contributed by atoms with Crippen LogP contribution in [0.3, 0.4) is 0 Å². The maximum Gasteiger partial charge on any atom is 0.443 e. The molecule has 6 aromatic carbocycles. The minimum atomic E-state index is -4.84. The van der Waals surface area contributed by atoms with Gasteiger partial charge in [-0.25, -0.2) is 0 Å². The molecule has 0 saturated carbocycles. The Morgan fingerprint density at radius 3 is 1.09 bits per heavy atom. The first-order valence-corrected chi connectivity index (χ1v) is 17.7. The van der Waals surface area contributed by atoms with E-state index in [0.29, 0.717) is 0 Å². The Balaban J connectivity index is 0.000000167. The van der Waals surface area contributed by atoms with E-state index in [1.807, 2.05) is 97.1 Å². The lowest BCUT2D eigenvalue weighted by Crippen LogP contribution is -2.53. The summed E-state index contributed by atoms with van der Waals surface area (Å²) in [6.45, 7) is -0.401. The highest BCUT2D eigenvalue weighted by Crippen LogP contribution is 2.50. The fraction of sp³-hybridized carbons (Fsp3) is 0.273. The van der Waals surface area contributed by atoms with Crippen LogP contribution in [0.5, 0.6) is 0 Å². The zero-order valence-electron chi connectivity index (χ0n) is 29.0. The third-order valence-corrected chi connectivity index (χ3v) is 10.7. The predicted molar refractivity (Wildman–Crippen MR) is 195 cm³/mol. The van der Waals surface area contributed by atoms with Crippen molar-refractivity contribution in [3.63, 3.8) is 0 Å². The Morgan fingerprint density at radius 1 is 0.407 bits per heavy atom. The highest BCUT2D eigenvalue weighted by Gasteiger charge is 2.60. The van der Waals surface area contributed by atoms with E-state index in [4.69, 9.17) is 9.47 Å². The summed E-state index contributed by atoms with van der Waals surface area (Å²) in [5.41, 5.74) is 3.35. The van der Waals surface area contributed by atoms with E-state index < -0.39 is 48.6 Å². The minimum absolute atomic E-state index is 0.200. The largest absolute Gasteiger partial charge is 0.443 e. The van der Waals surface area contributed by atoms with Gasteiger partial charge in [0.15, 0.2) is 0 Å². The molecule has 2 fully saturated rings. The first kappa shape index (κ1) is 37.6. The summed E-state index contributed by atoms with van der Waals surface area (Å²) < 4.78 is 90.2. The van der Waals surface area contributed by atoms with Crippen LogP contribution in [0.4, 0.5) is 26.3 Å². The van der Waals surface area contributed by atoms with Crippen molar-refractivity contribution >= 4 is 21.5 Å². The van der Waals surface area contributed by atoms with Gasteiger partial charge in [0.1, 0.15) is 0 Å². The Kier molecular flexibility index (Phi) is 10.3. The van der Waals surface area contributed by atoms with Gasteiger partial charge >= 0.3 is 12.4 Å². The average Bonchev–Trinajstić information content (AvgIpc) is 3.17. The van der Waals surface area contributed by atoms with Gasteiger partial charge in [-0.15, -0.1) is 0 Å². The molecule has 0 radical (unpaired) electrons. The molecule has 6 aromatic rings. The van der Waals surface area contributed by atoms with Crippen LogP contribution in [0.2, 0.25) is 0 Å². The van der Waals surface area contributed by atoms with Crippen LogP contribution in [0.1, 0.15) is 58.8 Å². The average molecular weight is 745 g/mol. The van der Waals surface area contributed by atoms with Crippen molar-refractivity contribution in [1.82, 2.24) is 0 Å². The molecule has 2 heterocycles. The van der Waals surface area contributed by atoms with Gasteiger partial charge in [-0.2, -0.15) is 26.3 Å². The third kappa shape index (κ3) is 7.61. The number of benzene rings is 6. The van der Waals surface area contributed by atoms with Crippen molar-refractivity contribution in [2.45, 2.75) is 60.4 Å². The second-order valence-electron chi connectivity index (χ2n) is 14.1.